The number of amides is 1. The topological polar surface area (TPSA) is 97.6 Å². The monoisotopic (exact) mass is 448 g/mol. The lowest BCUT2D eigenvalue weighted by molar-refractivity contribution is -0.121. The van der Waals surface area contributed by atoms with Crippen molar-refractivity contribution in [2.45, 2.75) is 38.4 Å². The molecule has 0 saturated heterocycles. The molecule has 1 fully saturated rings. The minimum Gasteiger partial charge on any atom is -0.349 e. The summed E-state index contributed by atoms with van der Waals surface area (Å²) >= 11 is 8.59. The molecular weight excluding hydrogens is 432 g/mol. The fraction of sp³-hybridized carbons (Fsp3) is 0.353. The number of halogens is 1. The summed E-state index contributed by atoms with van der Waals surface area (Å²) in [5.41, 5.74) is 0.468. The molecule has 1 aliphatic rings. The van der Waals surface area contributed by atoms with E-state index in [9.17, 15) is 9.59 Å². The van der Waals surface area contributed by atoms with E-state index in [2.05, 4.69) is 36.4 Å². The standard InChI is InChI=1S/C17H17BrN6O2S/c18-10-1-4-13-12(7-10)16(26)23(9-20-13)6-5-15(25)19-8-14-21-22-17(27)24(14)11-2-3-11/h1,4,7,9,11H,2-3,5-6,8H2,(H,19,25)(H,22,27). The van der Waals surface area contributed by atoms with Crippen LogP contribution < -0.4 is 10.9 Å². The average Bonchev–Trinajstić information content (AvgIpc) is 3.42. The van der Waals surface area contributed by atoms with Crippen LogP contribution in [0.5, 0.6) is 0 Å². The van der Waals surface area contributed by atoms with E-state index < -0.39 is 0 Å². The number of benzene rings is 1. The Bertz CT molecular complexity index is 1130. The molecule has 2 N–H and O–H groups in total. The first-order valence-corrected chi connectivity index (χ1v) is 9.80. The zero-order chi connectivity index (χ0) is 19.0. The van der Waals surface area contributed by atoms with Crippen molar-refractivity contribution in [1.82, 2.24) is 29.6 Å². The van der Waals surface area contributed by atoms with Gasteiger partial charge in [-0.05, 0) is 43.3 Å². The molecule has 0 radical (unpaired) electrons. The molecule has 0 unspecified atom stereocenters. The summed E-state index contributed by atoms with van der Waals surface area (Å²) in [5.74, 6) is 0.567. The fourth-order valence-electron chi connectivity index (χ4n) is 2.95. The zero-order valence-electron chi connectivity index (χ0n) is 14.3. The highest BCUT2D eigenvalue weighted by Gasteiger charge is 2.27. The lowest BCUT2D eigenvalue weighted by Gasteiger charge is -2.09. The maximum atomic E-state index is 12.5. The van der Waals surface area contributed by atoms with Crippen LogP contribution >= 0.6 is 28.1 Å². The highest BCUT2D eigenvalue weighted by Crippen LogP contribution is 2.35. The lowest BCUT2D eigenvalue weighted by Crippen LogP contribution is -2.28. The molecule has 0 spiro atoms. The van der Waals surface area contributed by atoms with Gasteiger partial charge in [0.05, 0.1) is 23.8 Å². The van der Waals surface area contributed by atoms with Gasteiger partial charge in [0.15, 0.2) is 10.6 Å². The summed E-state index contributed by atoms with van der Waals surface area (Å²) in [7, 11) is 0. The SMILES string of the molecule is O=C(CCn1cnc2ccc(Br)cc2c1=O)NCc1n[nH]c(=S)n1C1CC1. The summed E-state index contributed by atoms with van der Waals surface area (Å²) in [6, 6.07) is 5.75. The Morgan fingerprint density at radius 3 is 3.00 bits per heavy atom. The number of H-pyrrole nitrogens is 1. The van der Waals surface area contributed by atoms with Crippen molar-refractivity contribution in [2.24, 2.45) is 0 Å². The first kappa shape index (κ1) is 18.1. The molecule has 4 rings (SSSR count). The lowest BCUT2D eigenvalue weighted by atomic mass is 10.2. The van der Waals surface area contributed by atoms with E-state index in [0.29, 0.717) is 28.3 Å². The molecule has 1 aromatic carbocycles. The van der Waals surface area contributed by atoms with Gasteiger partial charge in [0.1, 0.15) is 0 Å². The maximum Gasteiger partial charge on any atom is 0.261 e. The maximum absolute atomic E-state index is 12.5. The number of fused-ring (bicyclic) bond motifs is 1. The molecule has 1 aliphatic carbocycles. The van der Waals surface area contributed by atoms with Gasteiger partial charge in [-0.2, -0.15) is 5.10 Å². The van der Waals surface area contributed by atoms with E-state index in [1.54, 1.807) is 12.1 Å². The van der Waals surface area contributed by atoms with Gasteiger partial charge < -0.3 is 5.32 Å². The van der Waals surface area contributed by atoms with Gasteiger partial charge in [0, 0.05) is 23.5 Å². The van der Waals surface area contributed by atoms with Gasteiger partial charge in [-0.15, -0.1) is 0 Å². The molecule has 140 valence electrons. The van der Waals surface area contributed by atoms with Crippen LogP contribution in [0, 0.1) is 4.77 Å². The molecule has 2 heterocycles. The van der Waals surface area contributed by atoms with E-state index in [1.165, 1.54) is 10.9 Å². The normalized spacial score (nSPS) is 13.8. The molecular formula is C17H17BrN6O2S. The van der Waals surface area contributed by atoms with Crippen LogP contribution in [0.15, 0.2) is 33.8 Å². The van der Waals surface area contributed by atoms with Crippen molar-refractivity contribution in [2.75, 3.05) is 0 Å². The van der Waals surface area contributed by atoms with Crippen LogP contribution in [0.25, 0.3) is 10.9 Å². The van der Waals surface area contributed by atoms with Gasteiger partial charge in [-0.25, -0.2) is 4.98 Å². The molecule has 1 amide bonds. The number of aryl methyl sites for hydroxylation is 1. The summed E-state index contributed by atoms with van der Waals surface area (Å²) < 4.78 is 4.81. The third-order valence-electron chi connectivity index (χ3n) is 4.50. The van der Waals surface area contributed by atoms with Crippen molar-refractivity contribution in [1.29, 1.82) is 0 Å². The van der Waals surface area contributed by atoms with Crippen LogP contribution in [0.3, 0.4) is 0 Å². The smallest absolute Gasteiger partial charge is 0.261 e. The predicted octanol–water partition coefficient (Wildman–Crippen LogP) is 2.45. The van der Waals surface area contributed by atoms with Crippen LogP contribution in [0.1, 0.15) is 31.1 Å². The third kappa shape index (κ3) is 3.86. The zero-order valence-corrected chi connectivity index (χ0v) is 16.7. The van der Waals surface area contributed by atoms with Gasteiger partial charge in [0.2, 0.25) is 5.91 Å². The molecule has 8 nitrogen and oxygen atoms in total. The number of nitrogens with one attached hydrogen (secondary N) is 2. The molecule has 10 heteroatoms. The fourth-order valence-corrected chi connectivity index (χ4v) is 3.61. The van der Waals surface area contributed by atoms with Gasteiger partial charge in [-0.3, -0.25) is 23.8 Å². The highest BCUT2D eigenvalue weighted by molar-refractivity contribution is 9.10. The molecule has 2 aromatic heterocycles. The Balaban J connectivity index is 1.40. The Kier molecular flexibility index (Phi) is 4.92. The summed E-state index contributed by atoms with van der Waals surface area (Å²) in [4.78, 5) is 29.0. The second-order valence-corrected chi connectivity index (χ2v) is 7.78. The molecule has 1 saturated carbocycles. The summed E-state index contributed by atoms with van der Waals surface area (Å²) in [6.45, 7) is 0.565. The average molecular weight is 449 g/mol. The van der Waals surface area contributed by atoms with E-state index in [4.69, 9.17) is 12.2 Å². The number of hydrogen-bond donors (Lipinski definition) is 2. The molecule has 0 bridgehead atoms. The summed E-state index contributed by atoms with van der Waals surface area (Å²) in [5, 5.41) is 10.3. The van der Waals surface area contributed by atoms with Crippen molar-refractivity contribution in [3.8, 4) is 0 Å². The largest absolute Gasteiger partial charge is 0.349 e. The predicted molar refractivity (Wildman–Crippen MR) is 106 cm³/mol. The number of hydrogen-bond acceptors (Lipinski definition) is 5. The van der Waals surface area contributed by atoms with Gasteiger partial charge in [0.25, 0.3) is 5.56 Å². The molecule has 3 aromatic rings. The van der Waals surface area contributed by atoms with E-state index in [1.807, 2.05) is 10.6 Å². The van der Waals surface area contributed by atoms with Gasteiger partial charge in [-0.1, -0.05) is 15.9 Å². The number of nitrogens with zero attached hydrogens (tertiary/aromatic N) is 4. The van der Waals surface area contributed by atoms with Crippen molar-refractivity contribution >= 4 is 45.0 Å². The number of carbonyl (C=O) groups excluding carboxylic acids is 1. The second-order valence-electron chi connectivity index (χ2n) is 6.48. The van der Waals surface area contributed by atoms with Gasteiger partial charge >= 0.3 is 0 Å². The number of rotatable bonds is 6. The number of aromatic nitrogens is 5. The number of aromatic amines is 1. The molecule has 27 heavy (non-hydrogen) atoms. The van der Waals surface area contributed by atoms with E-state index >= 15 is 0 Å². The minimum absolute atomic E-state index is 0.160. The first-order valence-electron chi connectivity index (χ1n) is 8.60. The first-order chi connectivity index (χ1) is 13.0. The summed E-state index contributed by atoms with van der Waals surface area (Å²) in [6.07, 6.45) is 3.82. The van der Waals surface area contributed by atoms with Crippen molar-refractivity contribution in [3.63, 3.8) is 0 Å². The second kappa shape index (κ2) is 7.35. The van der Waals surface area contributed by atoms with Crippen LogP contribution in [0.4, 0.5) is 0 Å². The van der Waals surface area contributed by atoms with E-state index in [-0.39, 0.29) is 24.4 Å². The van der Waals surface area contributed by atoms with Crippen LogP contribution in [0.2, 0.25) is 0 Å². The van der Waals surface area contributed by atoms with Crippen LogP contribution in [-0.2, 0) is 17.9 Å². The quantitative estimate of drug-likeness (QED) is 0.564. The molecule has 0 aliphatic heterocycles. The van der Waals surface area contributed by atoms with Crippen LogP contribution in [-0.4, -0.2) is 30.2 Å². The Morgan fingerprint density at radius 2 is 2.22 bits per heavy atom. The van der Waals surface area contributed by atoms with Crippen molar-refractivity contribution < 1.29 is 4.79 Å². The Hall–Kier alpha value is -2.33. The molecule has 0 atom stereocenters. The Labute approximate surface area is 167 Å². The minimum atomic E-state index is -0.163. The number of carbonyl (C=O) groups is 1. The van der Waals surface area contributed by atoms with Crippen molar-refractivity contribution in [3.05, 3.63) is 49.9 Å². The Morgan fingerprint density at radius 1 is 1.41 bits per heavy atom. The van der Waals surface area contributed by atoms with E-state index in [0.717, 1.165) is 23.1 Å². The highest BCUT2D eigenvalue weighted by atomic mass is 79.9. The third-order valence-corrected chi connectivity index (χ3v) is 5.28.